The number of aryl methyl sites for hydroxylation is 2. The topological polar surface area (TPSA) is 64.7 Å². The van der Waals surface area contributed by atoms with Crippen molar-refractivity contribution < 1.29 is 4.79 Å². The first kappa shape index (κ1) is 16.3. The molecule has 0 aliphatic rings. The van der Waals surface area contributed by atoms with Crippen LogP contribution in [-0.4, -0.2) is 25.2 Å². The number of imidazole rings is 1. The van der Waals surface area contributed by atoms with Crippen LogP contribution >= 0.6 is 11.6 Å². The minimum Gasteiger partial charge on any atom is -0.331 e. The van der Waals surface area contributed by atoms with Crippen LogP contribution in [0, 0.1) is 13.8 Å². The molecule has 0 unspecified atom stereocenters. The molecule has 24 heavy (non-hydrogen) atoms. The highest BCUT2D eigenvalue weighted by Gasteiger charge is 2.19. The molecule has 1 aromatic carbocycles. The minimum absolute atomic E-state index is 0.227. The van der Waals surface area contributed by atoms with E-state index in [1.807, 2.05) is 48.9 Å². The van der Waals surface area contributed by atoms with Crippen LogP contribution in [-0.2, 0) is 13.6 Å². The van der Waals surface area contributed by atoms with Gasteiger partial charge in [0.25, 0.3) is 5.91 Å². The Balaban J connectivity index is 1.86. The van der Waals surface area contributed by atoms with E-state index < -0.39 is 0 Å². The van der Waals surface area contributed by atoms with Crippen molar-refractivity contribution in [1.82, 2.24) is 19.3 Å². The molecule has 2 heterocycles. The van der Waals surface area contributed by atoms with Crippen molar-refractivity contribution in [3.8, 4) is 0 Å². The summed E-state index contributed by atoms with van der Waals surface area (Å²) in [4.78, 5) is 16.8. The summed E-state index contributed by atoms with van der Waals surface area (Å²) in [6, 6.07) is 7.66. The van der Waals surface area contributed by atoms with Gasteiger partial charge in [-0.1, -0.05) is 29.8 Å². The lowest BCUT2D eigenvalue weighted by Crippen LogP contribution is -2.15. The molecule has 0 atom stereocenters. The number of benzene rings is 1. The van der Waals surface area contributed by atoms with E-state index in [9.17, 15) is 4.79 Å². The number of nitrogens with zero attached hydrogens (tertiary/aromatic N) is 4. The number of nitrogens with one attached hydrogen (secondary N) is 1. The smallest absolute Gasteiger partial charge is 0.277 e. The van der Waals surface area contributed by atoms with E-state index in [4.69, 9.17) is 11.6 Å². The fourth-order valence-corrected chi connectivity index (χ4v) is 2.69. The third-order valence-electron chi connectivity index (χ3n) is 4.01. The summed E-state index contributed by atoms with van der Waals surface area (Å²) in [7, 11) is 1.76. The molecule has 0 fully saturated rings. The van der Waals surface area contributed by atoms with Gasteiger partial charge in [-0.25, -0.2) is 4.98 Å². The molecule has 1 amide bonds. The Morgan fingerprint density at radius 3 is 2.67 bits per heavy atom. The Kier molecular flexibility index (Phi) is 4.40. The number of rotatable bonds is 4. The quantitative estimate of drug-likeness (QED) is 0.791. The molecule has 0 saturated carbocycles. The zero-order valence-corrected chi connectivity index (χ0v) is 14.5. The molecule has 6 nitrogen and oxygen atoms in total. The van der Waals surface area contributed by atoms with E-state index >= 15 is 0 Å². The molecule has 2 aromatic heterocycles. The largest absolute Gasteiger partial charge is 0.331 e. The predicted molar refractivity (Wildman–Crippen MR) is 93.4 cm³/mol. The maximum Gasteiger partial charge on any atom is 0.277 e. The molecule has 3 rings (SSSR count). The number of anilines is 1. The Bertz CT molecular complexity index is 896. The van der Waals surface area contributed by atoms with Crippen LogP contribution in [0.5, 0.6) is 0 Å². The van der Waals surface area contributed by atoms with E-state index in [1.165, 1.54) is 0 Å². The van der Waals surface area contributed by atoms with Crippen molar-refractivity contribution in [3.63, 3.8) is 0 Å². The molecule has 7 heteroatoms. The van der Waals surface area contributed by atoms with Gasteiger partial charge in [0.2, 0.25) is 0 Å². The van der Waals surface area contributed by atoms with Crippen molar-refractivity contribution in [1.29, 1.82) is 0 Å². The van der Waals surface area contributed by atoms with E-state index in [0.717, 1.165) is 22.8 Å². The van der Waals surface area contributed by atoms with Gasteiger partial charge < -0.3 is 9.88 Å². The van der Waals surface area contributed by atoms with E-state index in [-0.39, 0.29) is 11.6 Å². The maximum absolute atomic E-state index is 12.5. The van der Waals surface area contributed by atoms with Crippen LogP contribution in [0.3, 0.4) is 0 Å². The first-order valence-corrected chi connectivity index (χ1v) is 7.91. The van der Waals surface area contributed by atoms with Gasteiger partial charge in [-0.3, -0.25) is 9.48 Å². The van der Waals surface area contributed by atoms with Gasteiger partial charge >= 0.3 is 0 Å². The highest BCUT2D eigenvalue weighted by atomic mass is 35.5. The second-order valence-corrected chi connectivity index (χ2v) is 5.96. The minimum atomic E-state index is -0.321. The van der Waals surface area contributed by atoms with Crippen molar-refractivity contribution >= 4 is 23.2 Å². The second kappa shape index (κ2) is 6.49. The number of carbonyl (C=O) groups excluding carboxylic acids is 1. The van der Waals surface area contributed by atoms with Gasteiger partial charge in [0.1, 0.15) is 5.82 Å². The van der Waals surface area contributed by atoms with Crippen LogP contribution in [0.1, 0.15) is 27.6 Å². The lowest BCUT2D eigenvalue weighted by atomic mass is 10.1. The van der Waals surface area contributed by atoms with Crippen molar-refractivity contribution in [2.24, 2.45) is 7.05 Å². The van der Waals surface area contributed by atoms with Crippen LogP contribution < -0.4 is 5.32 Å². The Hall–Kier alpha value is -2.60. The molecule has 0 bridgehead atoms. The third-order valence-corrected chi connectivity index (χ3v) is 4.46. The van der Waals surface area contributed by atoms with Crippen LogP contribution in [0.4, 0.5) is 5.69 Å². The number of para-hydroxylation sites is 1. The molecule has 0 radical (unpaired) electrons. The molecular weight excluding hydrogens is 326 g/mol. The number of hydrogen-bond donors (Lipinski definition) is 1. The van der Waals surface area contributed by atoms with Crippen LogP contribution in [0.25, 0.3) is 0 Å². The third kappa shape index (κ3) is 3.05. The molecule has 0 saturated heterocycles. The van der Waals surface area contributed by atoms with Crippen molar-refractivity contribution in [2.75, 3.05) is 5.32 Å². The summed E-state index contributed by atoms with van der Waals surface area (Å²) in [6.07, 6.45) is 3.67. The van der Waals surface area contributed by atoms with Gasteiger partial charge in [-0.15, -0.1) is 0 Å². The predicted octanol–water partition coefficient (Wildman–Crippen LogP) is 3.19. The second-order valence-electron chi connectivity index (χ2n) is 5.59. The molecule has 124 valence electrons. The van der Waals surface area contributed by atoms with E-state index in [0.29, 0.717) is 11.6 Å². The number of amides is 1. The van der Waals surface area contributed by atoms with Gasteiger partial charge in [0.05, 0.1) is 17.3 Å². The van der Waals surface area contributed by atoms with Crippen LogP contribution in [0.2, 0.25) is 5.02 Å². The standard InChI is InChI=1S/C17H18ClN5O/c1-11-15(18)16(21-22(11)3)17(24)20-14-7-5-4-6-13(14)10-23-9-8-19-12(23)2/h4-9H,10H2,1-3H3,(H,20,24). The van der Waals surface area contributed by atoms with Gasteiger partial charge in [0, 0.05) is 25.1 Å². The Morgan fingerprint density at radius 2 is 2.04 bits per heavy atom. The molecule has 3 aromatic rings. The van der Waals surface area contributed by atoms with Gasteiger partial charge in [-0.05, 0) is 25.5 Å². The van der Waals surface area contributed by atoms with E-state index in [1.54, 1.807) is 17.9 Å². The average Bonchev–Trinajstić information content (AvgIpc) is 3.08. The highest BCUT2D eigenvalue weighted by molar-refractivity contribution is 6.34. The Morgan fingerprint density at radius 1 is 1.29 bits per heavy atom. The SMILES string of the molecule is Cc1nccn1Cc1ccccc1NC(=O)c1nn(C)c(C)c1Cl. The summed E-state index contributed by atoms with van der Waals surface area (Å²) in [5.41, 5.74) is 2.69. The number of halogens is 1. The summed E-state index contributed by atoms with van der Waals surface area (Å²) in [5.74, 6) is 0.595. The zero-order valence-electron chi connectivity index (χ0n) is 13.7. The van der Waals surface area contributed by atoms with Crippen molar-refractivity contribution in [2.45, 2.75) is 20.4 Å². The summed E-state index contributed by atoms with van der Waals surface area (Å²) in [6.45, 7) is 4.39. The summed E-state index contributed by atoms with van der Waals surface area (Å²) in [5, 5.41) is 7.46. The molecular formula is C17H18ClN5O. The van der Waals surface area contributed by atoms with Gasteiger partial charge in [-0.2, -0.15) is 5.10 Å². The highest BCUT2D eigenvalue weighted by Crippen LogP contribution is 2.22. The summed E-state index contributed by atoms with van der Waals surface area (Å²) >= 11 is 6.19. The van der Waals surface area contributed by atoms with Crippen molar-refractivity contribution in [3.05, 3.63) is 64.5 Å². The molecule has 0 aliphatic carbocycles. The summed E-state index contributed by atoms with van der Waals surface area (Å²) < 4.78 is 3.61. The fraction of sp³-hybridized carbons (Fsp3) is 0.235. The monoisotopic (exact) mass is 343 g/mol. The number of hydrogen-bond acceptors (Lipinski definition) is 3. The first-order valence-electron chi connectivity index (χ1n) is 7.53. The Labute approximate surface area is 145 Å². The maximum atomic E-state index is 12.5. The lowest BCUT2D eigenvalue weighted by Gasteiger charge is -2.12. The fourth-order valence-electron chi connectivity index (χ4n) is 2.44. The molecule has 0 spiro atoms. The first-order chi connectivity index (χ1) is 11.5. The number of carbonyl (C=O) groups is 1. The normalized spacial score (nSPS) is 10.8. The molecule has 1 N–H and O–H groups in total. The van der Waals surface area contributed by atoms with E-state index in [2.05, 4.69) is 15.4 Å². The zero-order chi connectivity index (χ0) is 17.3. The average molecular weight is 344 g/mol. The van der Waals surface area contributed by atoms with Gasteiger partial charge in [0.15, 0.2) is 5.69 Å². The number of aromatic nitrogens is 4. The molecule has 0 aliphatic heterocycles. The van der Waals surface area contributed by atoms with Crippen LogP contribution in [0.15, 0.2) is 36.7 Å². The lowest BCUT2D eigenvalue weighted by molar-refractivity contribution is 0.102.